The third-order valence-electron chi connectivity index (χ3n) is 5.88. The summed E-state index contributed by atoms with van der Waals surface area (Å²) in [5, 5.41) is 0. The first-order valence-corrected chi connectivity index (χ1v) is 10.4. The summed E-state index contributed by atoms with van der Waals surface area (Å²) in [6.45, 7) is 5.89. The molecule has 0 aromatic heterocycles. The van der Waals surface area contributed by atoms with Crippen molar-refractivity contribution in [2.75, 3.05) is 52.4 Å². The predicted octanol–water partition coefficient (Wildman–Crippen LogP) is 1.79. The Bertz CT molecular complexity index is 747. The summed E-state index contributed by atoms with van der Waals surface area (Å²) in [5.74, 6) is 1.23. The van der Waals surface area contributed by atoms with E-state index in [4.69, 9.17) is 4.74 Å². The van der Waals surface area contributed by atoms with E-state index >= 15 is 0 Å². The van der Waals surface area contributed by atoms with E-state index in [1.807, 2.05) is 28.0 Å². The van der Waals surface area contributed by atoms with E-state index in [0.29, 0.717) is 19.6 Å². The van der Waals surface area contributed by atoms with E-state index < -0.39 is 0 Å². The molecule has 0 bridgehead atoms. The Hall–Kier alpha value is -2.34. The quantitative estimate of drug-likeness (QED) is 0.744. The second kappa shape index (κ2) is 8.78. The molecule has 1 aromatic rings. The van der Waals surface area contributed by atoms with Crippen LogP contribution < -0.4 is 4.74 Å². The van der Waals surface area contributed by atoms with Crippen LogP contribution in [0, 0.1) is 0 Å². The van der Waals surface area contributed by atoms with Crippen LogP contribution in [-0.2, 0) is 16.0 Å². The minimum atomic E-state index is 0.0405. The number of likely N-dealkylation sites (tertiary alicyclic amines) is 1. The van der Waals surface area contributed by atoms with E-state index in [-0.39, 0.29) is 11.8 Å². The molecule has 0 N–H and O–H groups in total. The van der Waals surface area contributed by atoms with Gasteiger partial charge in [-0.3, -0.25) is 14.5 Å². The molecule has 6 nitrogen and oxygen atoms in total. The van der Waals surface area contributed by atoms with Crippen LogP contribution in [0.3, 0.4) is 0 Å². The maximum absolute atomic E-state index is 12.5. The van der Waals surface area contributed by atoms with E-state index in [2.05, 4.69) is 11.0 Å². The number of hydrogen-bond donors (Lipinski definition) is 0. The van der Waals surface area contributed by atoms with Crippen molar-refractivity contribution in [3.8, 4) is 5.75 Å². The van der Waals surface area contributed by atoms with Crippen molar-refractivity contribution < 1.29 is 14.3 Å². The lowest BCUT2D eigenvalue weighted by Gasteiger charge is -2.35. The summed E-state index contributed by atoms with van der Waals surface area (Å²) in [6, 6.07) is 6.05. The first-order valence-electron chi connectivity index (χ1n) is 10.4. The number of hydrogen-bond acceptors (Lipinski definition) is 4. The highest BCUT2D eigenvalue weighted by molar-refractivity contribution is 5.92. The van der Waals surface area contributed by atoms with Gasteiger partial charge in [-0.15, -0.1) is 0 Å². The van der Waals surface area contributed by atoms with Gasteiger partial charge < -0.3 is 14.5 Å². The molecule has 0 atom stereocenters. The van der Waals surface area contributed by atoms with Crippen molar-refractivity contribution in [2.45, 2.75) is 25.7 Å². The number of rotatable bonds is 4. The minimum Gasteiger partial charge on any atom is -0.493 e. The molecule has 0 unspecified atom stereocenters. The van der Waals surface area contributed by atoms with Gasteiger partial charge in [0, 0.05) is 51.8 Å². The van der Waals surface area contributed by atoms with Crippen molar-refractivity contribution >= 4 is 17.9 Å². The smallest absolute Gasteiger partial charge is 0.246 e. The van der Waals surface area contributed by atoms with Crippen molar-refractivity contribution in [2.24, 2.45) is 0 Å². The second-order valence-corrected chi connectivity index (χ2v) is 7.84. The predicted molar refractivity (Wildman–Crippen MR) is 108 cm³/mol. The number of ether oxygens (including phenoxy) is 1. The van der Waals surface area contributed by atoms with Gasteiger partial charge in [0.25, 0.3) is 0 Å². The van der Waals surface area contributed by atoms with Gasteiger partial charge in [0.1, 0.15) is 5.75 Å². The van der Waals surface area contributed by atoms with Crippen LogP contribution >= 0.6 is 0 Å². The van der Waals surface area contributed by atoms with Gasteiger partial charge >= 0.3 is 0 Å². The fraction of sp³-hybridized carbons (Fsp3) is 0.545. The first-order chi connectivity index (χ1) is 13.7. The van der Waals surface area contributed by atoms with Gasteiger partial charge in [0.15, 0.2) is 0 Å². The molecule has 28 heavy (non-hydrogen) atoms. The normalized spacial score (nSPS) is 20.3. The fourth-order valence-corrected chi connectivity index (χ4v) is 4.14. The second-order valence-electron chi connectivity index (χ2n) is 7.84. The SMILES string of the molecule is O=C(/C=C/c1ccc2c(c1)CCO2)N1CCN(CC(=O)N2CCCCC2)CC1. The molecule has 0 radical (unpaired) electrons. The number of carbonyl (C=O) groups is 2. The van der Waals surface area contributed by atoms with Crippen LogP contribution in [-0.4, -0.2) is 78.9 Å². The van der Waals surface area contributed by atoms with Gasteiger partial charge in [-0.05, 0) is 48.6 Å². The third kappa shape index (κ3) is 4.55. The lowest BCUT2D eigenvalue weighted by Crippen LogP contribution is -2.51. The monoisotopic (exact) mass is 383 g/mol. The van der Waals surface area contributed by atoms with Gasteiger partial charge in [-0.25, -0.2) is 0 Å². The molecule has 6 heteroatoms. The van der Waals surface area contributed by atoms with Crippen LogP contribution in [0.2, 0.25) is 0 Å². The Kier molecular flexibility index (Phi) is 5.95. The molecule has 0 aliphatic carbocycles. The zero-order valence-corrected chi connectivity index (χ0v) is 16.4. The summed E-state index contributed by atoms with van der Waals surface area (Å²) in [5.41, 5.74) is 2.24. The Labute approximate surface area is 166 Å². The molecule has 3 aliphatic rings. The number of piperazine rings is 1. The Morgan fingerprint density at radius 3 is 2.54 bits per heavy atom. The molecule has 4 rings (SSSR count). The summed E-state index contributed by atoms with van der Waals surface area (Å²) in [4.78, 5) is 30.9. The van der Waals surface area contributed by atoms with E-state index in [0.717, 1.165) is 63.4 Å². The number of benzene rings is 1. The Morgan fingerprint density at radius 2 is 1.75 bits per heavy atom. The molecular formula is C22H29N3O3. The molecule has 0 saturated carbocycles. The minimum absolute atomic E-state index is 0.0405. The number of piperidine rings is 1. The number of amides is 2. The standard InChI is InChI=1S/C22H29N3O3/c26-21(7-5-18-4-6-20-19(16-18)8-15-28-20)25-13-11-23(12-14-25)17-22(27)24-9-2-1-3-10-24/h4-7,16H,1-3,8-15,17H2/b7-5+. The average molecular weight is 383 g/mol. The number of fused-ring (bicyclic) bond motifs is 1. The van der Waals surface area contributed by atoms with Crippen LogP contribution in [0.5, 0.6) is 5.75 Å². The van der Waals surface area contributed by atoms with Crippen molar-refractivity contribution in [3.63, 3.8) is 0 Å². The van der Waals surface area contributed by atoms with E-state index in [9.17, 15) is 9.59 Å². The molecule has 3 heterocycles. The van der Waals surface area contributed by atoms with Gasteiger partial charge in [-0.2, -0.15) is 0 Å². The Balaban J connectivity index is 1.24. The average Bonchev–Trinajstić information content (AvgIpc) is 3.21. The van der Waals surface area contributed by atoms with Crippen molar-refractivity contribution in [1.82, 2.24) is 14.7 Å². The van der Waals surface area contributed by atoms with Gasteiger partial charge in [-0.1, -0.05) is 6.07 Å². The Morgan fingerprint density at radius 1 is 0.964 bits per heavy atom. The highest BCUT2D eigenvalue weighted by Gasteiger charge is 2.24. The molecule has 2 amide bonds. The summed E-state index contributed by atoms with van der Waals surface area (Å²) in [7, 11) is 0. The van der Waals surface area contributed by atoms with Crippen LogP contribution in [0.25, 0.3) is 6.08 Å². The zero-order chi connectivity index (χ0) is 19.3. The third-order valence-corrected chi connectivity index (χ3v) is 5.88. The zero-order valence-electron chi connectivity index (χ0n) is 16.4. The van der Waals surface area contributed by atoms with Crippen LogP contribution in [0.4, 0.5) is 0 Å². The van der Waals surface area contributed by atoms with Crippen molar-refractivity contribution in [3.05, 3.63) is 35.4 Å². The van der Waals surface area contributed by atoms with Crippen molar-refractivity contribution in [1.29, 1.82) is 0 Å². The summed E-state index contributed by atoms with van der Waals surface area (Å²) < 4.78 is 5.52. The van der Waals surface area contributed by atoms with Crippen LogP contribution in [0.15, 0.2) is 24.3 Å². The molecule has 0 spiro atoms. The molecule has 150 valence electrons. The molecular weight excluding hydrogens is 354 g/mol. The highest BCUT2D eigenvalue weighted by Crippen LogP contribution is 2.26. The summed E-state index contributed by atoms with van der Waals surface area (Å²) in [6.07, 6.45) is 7.95. The maximum Gasteiger partial charge on any atom is 0.246 e. The molecule has 2 saturated heterocycles. The number of nitrogens with zero attached hydrogens (tertiary/aromatic N) is 3. The van der Waals surface area contributed by atoms with E-state index in [1.165, 1.54) is 12.0 Å². The van der Waals surface area contributed by atoms with Gasteiger partial charge in [0.05, 0.1) is 13.2 Å². The molecule has 1 aromatic carbocycles. The lowest BCUT2D eigenvalue weighted by atomic mass is 10.1. The largest absolute Gasteiger partial charge is 0.493 e. The topological polar surface area (TPSA) is 53.1 Å². The fourth-order valence-electron chi connectivity index (χ4n) is 4.14. The number of carbonyl (C=O) groups excluding carboxylic acids is 2. The lowest BCUT2D eigenvalue weighted by molar-refractivity contribution is -0.134. The molecule has 2 fully saturated rings. The maximum atomic E-state index is 12.5. The van der Waals surface area contributed by atoms with Gasteiger partial charge in [0.2, 0.25) is 11.8 Å². The molecule has 3 aliphatic heterocycles. The highest BCUT2D eigenvalue weighted by atomic mass is 16.5. The first kappa shape index (κ1) is 19.0. The summed E-state index contributed by atoms with van der Waals surface area (Å²) >= 11 is 0. The van der Waals surface area contributed by atoms with Crippen LogP contribution in [0.1, 0.15) is 30.4 Å². The van der Waals surface area contributed by atoms with E-state index in [1.54, 1.807) is 6.08 Å².